The smallest absolute Gasteiger partial charge is 0.236 e. The predicted octanol–water partition coefficient (Wildman–Crippen LogP) is 3.05. The minimum Gasteiger partial charge on any atom is -0.345 e. The Morgan fingerprint density at radius 1 is 1.21 bits per heavy atom. The molecule has 0 aromatic heterocycles. The van der Waals surface area contributed by atoms with E-state index in [1.54, 1.807) is 4.90 Å². The van der Waals surface area contributed by atoms with Gasteiger partial charge in [0.2, 0.25) is 5.91 Å². The highest BCUT2D eigenvalue weighted by Crippen LogP contribution is 2.36. The molecule has 0 spiro atoms. The molecule has 0 heterocycles. The van der Waals surface area contributed by atoms with Crippen LogP contribution in [0.1, 0.15) is 59.8 Å². The summed E-state index contributed by atoms with van der Waals surface area (Å²) < 4.78 is 0. The molecule has 1 saturated carbocycles. The predicted molar refractivity (Wildman–Crippen MR) is 81.1 cm³/mol. The van der Waals surface area contributed by atoms with Crippen molar-refractivity contribution < 1.29 is 4.79 Å². The van der Waals surface area contributed by atoms with Gasteiger partial charge < -0.3 is 10.2 Å². The lowest BCUT2D eigenvalue weighted by Crippen LogP contribution is -2.39. The van der Waals surface area contributed by atoms with E-state index in [1.807, 2.05) is 14.0 Å². The summed E-state index contributed by atoms with van der Waals surface area (Å²) in [4.78, 5) is 13.6. The van der Waals surface area contributed by atoms with Crippen molar-refractivity contribution in [3.05, 3.63) is 0 Å². The normalized spacial score (nSPS) is 24.9. The SMILES string of the molecule is CCN(C)C(=O)CNC1CCCC(C(C)(C)C)CC1. The fourth-order valence-corrected chi connectivity index (χ4v) is 2.91. The molecule has 2 unspecified atom stereocenters. The molecule has 1 rings (SSSR count). The van der Waals surface area contributed by atoms with E-state index in [1.165, 1.54) is 32.1 Å². The third-order valence-corrected chi connectivity index (χ3v) is 4.64. The van der Waals surface area contributed by atoms with E-state index in [9.17, 15) is 4.79 Å². The van der Waals surface area contributed by atoms with E-state index >= 15 is 0 Å². The lowest BCUT2D eigenvalue weighted by atomic mass is 9.76. The van der Waals surface area contributed by atoms with E-state index in [0.29, 0.717) is 18.0 Å². The molecule has 1 N–H and O–H groups in total. The zero-order valence-electron chi connectivity index (χ0n) is 13.5. The van der Waals surface area contributed by atoms with Crippen LogP contribution >= 0.6 is 0 Å². The molecule has 19 heavy (non-hydrogen) atoms. The van der Waals surface area contributed by atoms with Gasteiger partial charge in [0.15, 0.2) is 0 Å². The van der Waals surface area contributed by atoms with Gasteiger partial charge in [-0.2, -0.15) is 0 Å². The number of rotatable bonds is 4. The maximum Gasteiger partial charge on any atom is 0.236 e. The number of likely N-dealkylation sites (N-methyl/N-ethyl adjacent to an activating group) is 1. The summed E-state index contributed by atoms with van der Waals surface area (Å²) in [6.45, 7) is 10.4. The standard InChI is InChI=1S/C16H32N2O/c1-6-18(5)15(19)12-17-14-9-7-8-13(10-11-14)16(2,3)4/h13-14,17H,6-12H2,1-5H3. The van der Waals surface area contributed by atoms with Crippen molar-refractivity contribution in [1.29, 1.82) is 0 Å². The van der Waals surface area contributed by atoms with Gasteiger partial charge in [0, 0.05) is 19.6 Å². The van der Waals surface area contributed by atoms with E-state index in [2.05, 4.69) is 26.1 Å². The Bertz CT molecular complexity index is 283. The van der Waals surface area contributed by atoms with Crippen LogP contribution in [0.5, 0.6) is 0 Å². The first kappa shape index (κ1) is 16.5. The van der Waals surface area contributed by atoms with E-state index < -0.39 is 0 Å². The second-order valence-corrected chi connectivity index (χ2v) is 7.06. The first-order valence-electron chi connectivity index (χ1n) is 7.82. The Balaban J connectivity index is 2.36. The Hall–Kier alpha value is -0.570. The van der Waals surface area contributed by atoms with Crippen molar-refractivity contribution in [2.75, 3.05) is 20.1 Å². The fraction of sp³-hybridized carbons (Fsp3) is 0.938. The summed E-state index contributed by atoms with van der Waals surface area (Å²) in [5.41, 5.74) is 0.424. The van der Waals surface area contributed by atoms with Gasteiger partial charge in [0.05, 0.1) is 6.54 Å². The van der Waals surface area contributed by atoms with Crippen LogP contribution in [-0.2, 0) is 4.79 Å². The van der Waals surface area contributed by atoms with Gasteiger partial charge in [-0.15, -0.1) is 0 Å². The minimum absolute atomic E-state index is 0.208. The monoisotopic (exact) mass is 268 g/mol. The number of carbonyl (C=O) groups is 1. The van der Waals surface area contributed by atoms with Gasteiger partial charge >= 0.3 is 0 Å². The Morgan fingerprint density at radius 2 is 1.89 bits per heavy atom. The molecule has 0 aromatic rings. The average molecular weight is 268 g/mol. The summed E-state index contributed by atoms with van der Waals surface area (Å²) in [7, 11) is 1.87. The quantitative estimate of drug-likeness (QED) is 0.795. The molecule has 112 valence electrons. The minimum atomic E-state index is 0.208. The number of carbonyl (C=O) groups excluding carboxylic acids is 1. The maximum absolute atomic E-state index is 11.8. The van der Waals surface area contributed by atoms with Gasteiger partial charge in [-0.25, -0.2) is 0 Å². The van der Waals surface area contributed by atoms with Crippen LogP contribution in [0.4, 0.5) is 0 Å². The van der Waals surface area contributed by atoms with Crippen molar-refractivity contribution in [3.63, 3.8) is 0 Å². The Morgan fingerprint density at radius 3 is 2.47 bits per heavy atom. The molecular weight excluding hydrogens is 236 g/mol. The lowest BCUT2D eigenvalue weighted by molar-refractivity contribution is -0.128. The zero-order chi connectivity index (χ0) is 14.5. The van der Waals surface area contributed by atoms with Gasteiger partial charge in [-0.1, -0.05) is 27.2 Å². The van der Waals surface area contributed by atoms with Crippen molar-refractivity contribution in [2.24, 2.45) is 11.3 Å². The van der Waals surface area contributed by atoms with Crippen LogP contribution in [0.25, 0.3) is 0 Å². The van der Waals surface area contributed by atoms with Gasteiger partial charge in [0.1, 0.15) is 0 Å². The van der Waals surface area contributed by atoms with Crippen molar-refractivity contribution >= 4 is 5.91 Å². The lowest BCUT2D eigenvalue weighted by Gasteiger charge is -2.29. The number of hydrogen-bond donors (Lipinski definition) is 1. The fourth-order valence-electron chi connectivity index (χ4n) is 2.91. The maximum atomic E-state index is 11.8. The van der Waals surface area contributed by atoms with Crippen molar-refractivity contribution in [3.8, 4) is 0 Å². The van der Waals surface area contributed by atoms with Crippen LogP contribution in [0.2, 0.25) is 0 Å². The molecule has 0 bridgehead atoms. The topological polar surface area (TPSA) is 32.3 Å². The third kappa shape index (κ3) is 5.52. The van der Waals surface area contributed by atoms with Crippen LogP contribution in [0, 0.1) is 11.3 Å². The summed E-state index contributed by atoms with van der Waals surface area (Å²) in [6.07, 6.45) is 6.35. The van der Waals surface area contributed by atoms with Crippen molar-refractivity contribution in [1.82, 2.24) is 10.2 Å². The van der Waals surface area contributed by atoms with Crippen LogP contribution in [-0.4, -0.2) is 37.0 Å². The van der Waals surface area contributed by atoms with Crippen molar-refractivity contribution in [2.45, 2.75) is 65.8 Å². The molecule has 0 aliphatic heterocycles. The van der Waals surface area contributed by atoms with Gasteiger partial charge in [-0.05, 0) is 43.9 Å². The molecule has 1 amide bonds. The Kier molecular flexibility index (Phi) is 6.31. The second kappa shape index (κ2) is 7.28. The summed E-state index contributed by atoms with van der Waals surface area (Å²) in [6, 6.07) is 0.529. The molecule has 0 saturated heterocycles. The highest BCUT2D eigenvalue weighted by Gasteiger charge is 2.27. The largest absolute Gasteiger partial charge is 0.345 e. The highest BCUT2D eigenvalue weighted by molar-refractivity contribution is 5.77. The number of nitrogens with zero attached hydrogens (tertiary/aromatic N) is 1. The highest BCUT2D eigenvalue weighted by atomic mass is 16.2. The molecular formula is C16H32N2O. The number of amides is 1. The second-order valence-electron chi connectivity index (χ2n) is 7.06. The average Bonchev–Trinajstić information content (AvgIpc) is 2.59. The molecule has 0 aromatic carbocycles. The van der Waals surface area contributed by atoms with Crippen LogP contribution in [0.15, 0.2) is 0 Å². The summed E-state index contributed by atoms with van der Waals surface area (Å²) >= 11 is 0. The zero-order valence-corrected chi connectivity index (χ0v) is 13.5. The molecule has 2 atom stereocenters. The summed E-state index contributed by atoms with van der Waals surface area (Å²) in [5.74, 6) is 1.03. The summed E-state index contributed by atoms with van der Waals surface area (Å²) in [5, 5.41) is 3.46. The van der Waals surface area contributed by atoms with Gasteiger partial charge in [-0.3, -0.25) is 4.79 Å². The molecule has 0 radical (unpaired) electrons. The van der Waals surface area contributed by atoms with Gasteiger partial charge in [0.25, 0.3) is 0 Å². The molecule has 1 aliphatic carbocycles. The Labute approximate surface area is 119 Å². The molecule has 1 aliphatic rings. The van der Waals surface area contributed by atoms with E-state index in [-0.39, 0.29) is 5.91 Å². The first-order chi connectivity index (χ1) is 8.84. The molecule has 3 heteroatoms. The number of nitrogens with one attached hydrogen (secondary N) is 1. The van der Waals surface area contributed by atoms with Crippen LogP contribution < -0.4 is 5.32 Å². The molecule has 1 fully saturated rings. The first-order valence-corrected chi connectivity index (χ1v) is 7.82. The molecule has 3 nitrogen and oxygen atoms in total. The number of hydrogen-bond acceptors (Lipinski definition) is 2. The van der Waals surface area contributed by atoms with E-state index in [4.69, 9.17) is 0 Å². The van der Waals surface area contributed by atoms with E-state index in [0.717, 1.165) is 12.5 Å². The third-order valence-electron chi connectivity index (χ3n) is 4.64. The van der Waals surface area contributed by atoms with Crippen LogP contribution in [0.3, 0.4) is 0 Å².